The third kappa shape index (κ3) is 6.77. The van der Waals surface area contributed by atoms with Gasteiger partial charge in [-0.3, -0.25) is 0 Å². The van der Waals surface area contributed by atoms with Crippen molar-refractivity contribution < 1.29 is 13.2 Å². The summed E-state index contributed by atoms with van der Waals surface area (Å²) in [5.41, 5.74) is 6.74. The second-order valence-corrected chi connectivity index (χ2v) is 9.88. The number of allylic oxidation sites excluding steroid dienone is 4. The van der Waals surface area contributed by atoms with Gasteiger partial charge in [-0.2, -0.15) is 24.9 Å². The van der Waals surface area contributed by atoms with Crippen molar-refractivity contribution in [3.05, 3.63) is 88.0 Å². The van der Waals surface area contributed by atoms with Crippen LogP contribution >= 0.6 is 11.8 Å². The summed E-state index contributed by atoms with van der Waals surface area (Å²) in [7, 11) is 0. The molecule has 1 aliphatic carbocycles. The minimum atomic E-state index is -4.29. The van der Waals surface area contributed by atoms with Gasteiger partial charge in [-0.15, -0.1) is 0 Å². The first-order valence-electron chi connectivity index (χ1n) is 11.0. The molecule has 0 aliphatic heterocycles. The van der Waals surface area contributed by atoms with Crippen LogP contribution in [0, 0.1) is 0 Å². The molecule has 2 aromatic carbocycles. The van der Waals surface area contributed by atoms with E-state index in [9.17, 15) is 13.2 Å². The van der Waals surface area contributed by atoms with E-state index >= 15 is 0 Å². The minimum Gasteiger partial charge on any atom is -0.166 e. The van der Waals surface area contributed by atoms with Gasteiger partial charge in [0, 0.05) is 11.0 Å². The molecule has 4 heteroatoms. The van der Waals surface area contributed by atoms with Gasteiger partial charge in [0.25, 0.3) is 0 Å². The number of rotatable bonds is 9. The molecule has 0 saturated heterocycles. The molecule has 3 rings (SSSR count). The van der Waals surface area contributed by atoms with Crippen LogP contribution in [-0.4, -0.2) is 5.25 Å². The average Bonchev–Trinajstić information content (AvgIpc) is 3.11. The molecule has 0 radical (unpaired) electrons. The van der Waals surface area contributed by atoms with E-state index in [-0.39, 0.29) is 0 Å². The van der Waals surface area contributed by atoms with Crippen LogP contribution in [0.3, 0.4) is 0 Å². The number of alkyl halides is 3. The highest BCUT2D eigenvalue weighted by atomic mass is 32.2. The van der Waals surface area contributed by atoms with Gasteiger partial charge in [0.1, 0.15) is 0 Å². The maximum absolute atomic E-state index is 12.8. The SMILES string of the molecule is CCCC(C)SCc1cccc(CCC2=C(C)CC(c3ccc(C(F)(F)F)cc3)=C2)c1. The molecule has 31 heavy (non-hydrogen) atoms. The first-order chi connectivity index (χ1) is 14.8. The molecule has 1 aliphatic rings. The molecule has 1 atom stereocenters. The molecular weight excluding hydrogens is 413 g/mol. The van der Waals surface area contributed by atoms with Crippen LogP contribution in [0.15, 0.2) is 65.8 Å². The first-order valence-corrected chi connectivity index (χ1v) is 12.1. The Morgan fingerprint density at radius 2 is 1.71 bits per heavy atom. The number of thioether (sulfide) groups is 1. The fourth-order valence-electron chi connectivity index (χ4n) is 4.01. The highest BCUT2D eigenvalue weighted by Crippen LogP contribution is 2.36. The fraction of sp³-hybridized carbons (Fsp3) is 0.407. The maximum atomic E-state index is 12.8. The van der Waals surface area contributed by atoms with Crippen LogP contribution in [-0.2, 0) is 18.3 Å². The Morgan fingerprint density at radius 1 is 1.00 bits per heavy atom. The Morgan fingerprint density at radius 3 is 2.39 bits per heavy atom. The van der Waals surface area contributed by atoms with Crippen molar-refractivity contribution in [2.24, 2.45) is 0 Å². The van der Waals surface area contributed by atoms with Gasteiger partial charge >= 0.3 is 6.18 Å². The smallest absolute Gasteiger partial charge is 0.166 e. The number of halogens is 3. The lowest BCUT2D eigenvalue weighted by Crippen LogP contribution is -2.04. The van der Waals surface area contributed by atoms with Gasteiger partial charge in [0.2, 0.25) is 0 Å². The largest absolute Gasteiger partial charge is 0.416 e. The van der Waals surface area contributed by atoms with Crippen LogP contribution in [0.2, 0.25) is 0 Å². The summed E-state index contributed by atoms with van der Waals surface area (Å²) in [6.45, 7) is 6.66. The Hall–Kier alpha value is -1.94. The van der Waals surface area contributed by atoms with E-state index < -0.39 is 11.7 Å². The second-order valence-electron chi connectivity index (χ2n) is 8.46. The molecule has 0 N–H and O–H groups in total. The topological polar surface area (TPSA) is 0 Å². The van der Waals surface area contributed by atoms with Gasteiger partial charge in [0.05, 0.1) is 5.56 Å². The summed E-state index contributed by atoms with van der Waals surface area (Å²) in [6.07, 6.45) is 3.11. The lowest BCUT2D eigenvalue weighted by atomic mass is 10.0. The van der Waals surface area contributed by atoms with Crippen molar-refractivity contribution in [2.45, 2.75) is 70.1 Å². The Bertz CT molecular complexity index is 936. The molecule has 0 aromatic heterocycles. The number of hydrogen-bond acceptors (Lipinski definition) is 1. The molecule has 166 valence electrons. The van der Waals surface area contributed by atoms with Crippen molar-refractivity contribution in [2.75, 3.05) is 0 Å². The molecule has 1 unspecified atom stereocenters. The van der Waals surface area contributed by atoms with Gasteiger partial charge < -0.3 is 0 Å². The zero-order chi connectivity index (χ0) is 22.4. The van der Waals surface area contributed by atoms with E-state index in [1.54, 1.807) is 12.1 Å². The van der Waals surface area contributed by atoms with Crippen molar-refractivity contribution in [1.82, 2.24) is 0 Å². The molecule has 0 spiro atoms. The third-order valence-corrected chi connectivity index (χ3v) is 7.14. The highest BCUT2D eigenvalue weighted by molar-refractivity contribution is 7.99. The lowest BCUT2D eigenvalue weighted by molar-refractivity contribution is -0.137. The highest BCUT2D eigenvalue weighted by Gasteiger charge is 2.30. The van der Waals surface area contributed by atoms with Crippen LogP contribution in [0.5, 0.6) is 0 Å². The van der Waals surface area contributed by atoms with Crippen molar-refractivity contribution in [1.29, 1.82) is 0 Å². The second kappa shape index (κ2) is 10.6. The van der Waals surface area contributed by atoms with E-state index in [1.807, 2.05) is 11.8 Å². The van der Waals surface area contributed by atoms with Gasteiger partial charge in [0.15, 0.2) is 0 Å². The normalized spacial score (nSPS) is 15.4. The van der Waals surface area contributed by atoms with Gasteiger partial charge in [-0.1, -0.05) is 68.3 Å². The van der Waals surface area contributed by atoms with Crippen LogP contribution < -0.4 is 0 Å². The lowest BCUT2D eigenvalue weighted by Gasteiger charge is -2.11. The van der Waals surface area contributed by atoms with Crippen LogP contribution in [0.4, 0.5) is 13.2 Å². The zero-order valence-corrected chi connectivity index (χ0v) is 19.4. The van der Waals surface area contributed by atoms with E-state index in [0.717, 1.165) is 36.2 Å². The number of aryl methyl sites for hydroxylation is 1. The third-order valence-electron chi connectivity index (χ3n) is 5.84. The van der Waals surface area contributed by atoms with E-state index in [1.165, 1.54) is 47.2 Å². The zero-order valence-electron chi connectivity index (χ0n) is 18.6. The predicted molar refractivity (Wildman–Crippen MR) is 127 cm³/mol. The first kappa shape index (κ1) is 23.7. The molecule has 0 bridgehead atoms. The minimum absolute atomic E-state index is 0.595. The molecule has 0 amide bonds. The maximum Gasteiger partial charge on any atom is 0.416 e. The number of hydrogen-bond donors (Lipinski definition) is 0. The molecule has 0 fully saturated rings. The van der Waals surface area contributed by atoms with Crippen LogP contribution in [0.25, 0.3) is 5.57 Å². The van der Waals surface area contributed by atoms with E-state index in [2.05, 4.69) is 51.1 Å². The summed E-state index contributed by atoms with van der Waals surface area (Å²) in [4.78, 5) is 0. The van der Waals surface area contributed by atoms with Gasteiger partial charge in [-0.25, -0.2) is 0 Å². The predicted octanol–water partition coefficient (Wildman–Crippen LogP) is 8.86. The van der Waals surface area contributed by atoms with Crippen molar-refractivity contribution >= 4 is 17.3 Å². The Kier molecular flexibility index (Phi) is 8.10. The quantitative estimate of drug-likeness (QED) is 0.372. The van der Waals surface area contributed by atoms with E-state index in [4.69, 9.17) is 0 Å². The summed E-state index contributed by atoms with van der Waals surface area (Å²) < 4.78 is 38.4. The summed E-state index contributed by atoms with van der Waals surface area (Å²) in [6, 6.07) is 14.4. The average molecular weight is 445 g/mol. The molecule has 2 aromatic rings. The molecule has 0 nitrogen and oxygen atoms in total. The Labute approximate surface area is 188 Å². The van der Waals surface area contributed by atoms with Crippen molar-refractivity contribution in [3.8, 4) is 0 Å². The standard InChI is InChI=1S/C27H31F3S/c1-4-6-20(3)31-18-22-8-5-7-21(16-22)9-10-24-17-25(15-19(24)2)23-11-13-26(14-12-23)27(28,29)30/h5,7-8,11-14,16-17,20H,4,6,9-10,15,18H2,1-3H3. The monoisotopic (exact) mass is 444 g/mol. The fourth-order valence-corrected chi connectivity index (χ4v) is 5.07. The molecular formula is C27H31F3S. The van der Waals surface area contributed by atoms with Gasteiger partial charge in [-0.05, 0) is 72.6 Å². The summed E-state index contributed by atoms with van der Waals surface area (Å²) >= 11 is 2.02. The summed E-state index contributed by atoms with van der Waals surface area (Å²) in [5.74, 6) is 1.05. The molecule has 0 heterocycles. The van der Waals surface area contributed by atoms with E-state index in [0.29, 0.717) is 5.25 Å². The molecule has 0 saturated carbocycles. The van der Waals surface area contributed by atoms with Crippen LogP contribution in [0.1, 0.15) is 68.7 Å². The summed E-state index contributed by atoms with van der Waals surface area (Å²) in [5, 5.41) is 0.689. The Balaban J connectivity index is 1.60. The number of benzene rings is 2. The van der Waals surface area contributed by atoms with Crippen molar-refractivity contribution in [3.63, 3.8) is 0 Å².